The molecule has 0 spiro atoms. The van der Waals surface area contributed by atoms with Gasteiger partial charge in [0.15, 0.2) is 0 Å². The number of anilines is 1. The number of halogens is 1. The third-order valence-corrected chi connectivity index (χ3v) is 3.90. The van der Waals surface area contributed by atoms with Crippen molar-refractivity contribution in [3.63, 3.8) is 0 Å². The molecule has 0 fully saturated rings. The van der Waals surface area contributed by atoms with Crippen LogP contribution in [0.1, 0.15) is 25.3 Å². The predicted octanol–water partition coefficient (Wildman–Crippen LogP) is 5.28. The van der Waals surface area contributed by atoms with Crippen molar-refractivity contribution in [2.45, 2.75) is 19.8 Å². The molecule has 4 heteroatoms. The normalized spacial score (nSPS) is 10.7. The summed E-state index contributed by atoms with van der Waals surface area (Å²) in [5, 5.41) is 2.83. The van der Waals surface area contributed by atoms with E-state index in [1.165, 1.54) is 6.08 Å². The van der Waals surface area contributed by atoms with Crippen LogP contribution in [-0.2, 0) is 4.79 Å². The van der Waals surface area contributed by atoms with Crippen molar-refractivity contribution in [2.24, 2.45) is 0 Å². The van der Waals surface area contributed by atoms with Crippen LogP contribution in [0, 0.1) is 0 Å². The molecule has 0 aliphatic carbocycles. The topological polar surface area (TPSA) is 38.3 Å². The van der Waals surface area contributed by atoms with Crippen molar-refractivity contribution in [3.8, 4) is 5.75 Å². The zero-order chi connectivity index (χ0) is 16.5. The molecule has 1 N–H and O–H groups in total. The number of hydrogen-bond donors (Lipinski definition) is 1. The Morgan fingerprint density at radius 3 is 2.61 bits per heavy atom. The molecule has 2 aromatic rings. The van der Waals surface area contributed by atoms with Gasteiger partial charge in [0.1, 0.15) is 5.75 Å². The van der Waals surface area contributed by atoms with Gasteiger partial charge in [0, 0.05) is 10.5 Å². The van der Waals surface area contributed by atoms with Gasteiger partial charge in [-0.05, 0) is 58.3 Å². The van der Waals surface area contributed by atoms with Crippen LogP contribution >= 0.6 is 15.9 Å². The van der Waals surface area contributed by atoms with Crippen molar-refractivity contribution >= 4 is 33.6 Å². The van der Waals surface area contributed by atoms with Gasteiger partial charge in [0.05, 0.1) is 12.3 Å². The van der Waals surface area contributed by atoms with Gasteiger partial charge in [0.25, 0.3) is 0 Å². The number of hydrogen-bond acceptors (Lipinski definition) is 2. The molecule has 2 rings (SSSR count). The third-order valence-electron chi connectivity index (χ3n) is 3.21. The molecule has 1 amide bonds. The van der Waals surface area contributed by atoms with E-state index >= 15 is 0 Å². The fourth-order valence-corrected chi connectivity index (χ4v) is 2.30. The molecule has 120 valence electrons. The maximum absolute atomic E-state index is 11.9. The third kappa shape index (κ3) is 5.91. The first-order valence-corrected chi connectivity index (χ1v) is 8.45. The molecule has 0 atom stereocenters. The lowest BCUT2D eigenvalue weighted by molar-refractivity contribution is -0.111. The van der Waals surface area contributed by atoms with Crippen molar-refractivity contribution in [3.05, 3.63) is 64.6 Å². The summed E-state index contributed by atoms with van der Waals surface area (Å²) in [7, 11) is 0. The second-order valence-corrected chi connectivity index (χ2v) is 5.93. The summed E-state index contributed by atoms with van der Waals surface area (Å²) in [5.74, 6) is 0.688. The molecule has 3 nitrogen and oxygen atoms in total. The Balaban J connectivity index is 1.89. The summed E-state index contributed by atoms with van der Waals surface area (Å²) in [6.45, 7) is 2.87. The van der Waals surface area contributed by atoms with Crippen LogP contribution in [0.25, 0.3) is 6.08 Å². The van der Waals surface area contributed by atoms with Gasteiger partial charge >= 0.3 is 0 Å². The number of carbonyl (C=O) groups is 1. The Kier molecular flexibility index (Phi) is 6.88. The molecule has 0 unspecified atom stereocenters. The summed E-state index contributed by atoms with van der Waals surface area (Å²) in [4.78, 5) is 11.9. The molecule has 0 radical (unpaired) electrons. The van der Waals surface area contributed by atoms with Crippen LogP contribution in [-0.4, -0.2) is 12.5 Å². The van der Waals surface area contributed by atoms with E-state index in [4.69, 9.17) is 4.74 Å². The minimum atomic E-state index is -0.167. The Labute approximate surface area is 145 Å². The van der Waals surface area contributed by atoms with Gasteiger partial charge in [-0.3, -0.25) is 4.79 Å². The van der Waals surface area contributed by atoms with Gasteiger partial charge in [-0.25, -0.2) is 0 Å². The maximum Gasteiger partial charge on any atom is 0.248 e. The number of ether oxygens (including phenoxy) is 1. The number of rotatable bonds is 7. The van der Waals surface area contributed by atoms with Crippen LogP contribution in [0.3, 0.4) is 0 Å². The van der Waals surface area contributed by atoms with Crippen LogP contribution in [0.4, 0.5) is 5.69 Å². The van der Waals surface area contributed by atoms with Crippen LogP contribution in [0.2, 0.25) is 0 Å². The molecule has 0 saturated carbocycles. The number of para-hydroxylation sites is 1. The summed E-state index contributed by atoms with van der Waals surface area (Å²) in [6, 6.07) is 15.2. The predicted molar refractivity (Wildman–Crippen MR) is 98.7 cm³/mol. The number of carbonyl (C=O) groups excluding carboxylic acids is 1. The summed E-state index contributed by atoms with van der Waals surface area (Å²) >= 11 is 3.40. The molecule has 0 bridgehead atoms. The fraction of sp³-hybridized carbons (Fsp3) is 0.211. The van der Waals surface area contributed by atoms with Crippen LogP contribution in [0.15, 0.2) is 59.1 Å². The van der Waals surface area contributed by atoms with E-state index in [1.54, 1.807) is 6.08 Å². The van der Waals surface area contributed by atoms with E-state index in [1.807, 2.05) is 48.5 Å². The number of nitrogens with one attached hydrogen (secondary N) is 1. The average molecular weight is 374 g/mol. The van der Waals surface area contributed by atoms with Gasteiger partial charge in [0.2, 0.25) is 5.91 Å². The van der Waals surface area contributed by atoms with E-state index in [9.17, 15) is 4.79 Å². The van der Waals surface area contributed by atoms with Crippen molar-refractivity contribution in [2.75, 3.05) is 11.9 Å². The monoisotopic (exact) mass is 373 g/mol. The number of amides is 1. The van der Waals surface area contributed by atoms with Gasteiger partial charge in [-0.15, -0.1) is 0 Å². The average Bonchev–Trinajstić information content (AvgIpc) is 2.56. The second-order valence-electron chi connectivity index (χ2n) is 5.07. The zero-order valence-electron chi connectivity index (χ0n) is 13.1. The molecule has 23 heavy (non-hydrogen) atoms. The summed E-state index contributed by atoms with van der Waals surface area (Å²) in [5.41, 5.74) is 1.71. The van der Waals surface area contributed by atoms with E-state index in [2.05, 4.69) is 28.2 Å². The van der Waals surface area contributed by atoms with Gasteiger partial charge in [-0.2, -0.15) is 0 Å². The lowest BCUT2D eigenvalue weighted by Gasteiger charge is -2.05. The van der Waals surface area contributed by atoms with E-state index in [0.717, 1.165) is 40.9 Å². The Morgan fingerprint density at radius 1 is 1.17 bits per heavy atom. The second kappa shape index (κ2) is 9.16. The summed E-state index contributed by atoms with van der Waals surface area (Å²) < 4.78 is 6.47. The largest absolute Gasteiger partial charge is 0.494 e. The minimum Gasteiger partial charge on any atom is -0.494 e. The summed E-state index contributed by atoms with van der Waals surface area (Å²) in [6.07, 6.45) is 5.47. The molecule has 0 heterocycles. The highest BCUT2D eigenvalue weighted by atomic mass is 79.9. The lowest BCUT2D eigenvalue weighted by Crippen LogP contribution is -2.07. The quantitative estimate of drug-likeness (QED) is 0.529. The van der Waals surface area contributed by atoms with E-state index in [-0.39, 0.29) is 5.91 Å². The Bertz CT molecular complexity index is 665. The molecule has 0 aliphatic heterocycles. The highest BCUT2D eigenvalue weighted by Crippen LogP contribution is 2.21. The first-order chi connectivity index (χ1) is 11.2. The fourth-order valence-electron chi connectivity index (χ4n) is 1.92. The maximum atomic E-state index is 11.9. The first kappa shape index (κ1) is 17.3. The smallest absolute Gasteiger partial charge is 0.248 e. The van der Waals surface area contributed by atoms with E-state index in [0.29, 0.717) is 0 Å². The Hall–Kier alpha value is -2.07. The molecular formula is C19H20BrNO2. The van der Waals surface area contributed by atoms with Crippen LogP contribution < -0.4 is 10.1 Å². The highest BCUT2D eigenvalue weighted by Gasteiger charge is 2.01. The van der Waals surface area contributed by atoms with Crippen molar-refractivity contribution in [1.29, 1.82) is 0 Å². The minimum absolute atomic E-state index is 0.167. The molecule has 0 saturated heterocycles. The SMILES string of the molecule is CCCCOc1ccc(/C=C/C(=O)Nc2ccccc2Br)cc1. The molecular weight excluding hydrogens is 354 g/mol. The number of unbranched alkanes of at least 4 members (excludes halogenated alkanes) is 1. The zero-order valence-corrected chi connectivity index (χ0v) is 14.7. The van der Waals surface area contributed by atoms with Crippen molar-refractivity contribution in [1.82, 2.24) is 0 Å². The van der Waals surface area contributed by atoms with Gasteiger partial charge < -0.3 is 10.1 Å². The lowest BCUT2D eigenvalue weighted by atomic mass is 10.2. The standard InChI is InChI=1S/C19H20BrNO2/c1-2-3-14-23-16-11-8-15(9-12-16)10-13-19(22)21-18-7-5-4-6-17(18)20/h4-13H,2-3,14H2,1H3,(H,21,22)/b13-10+. The van der Waals surface area contributed by atoms with Gasteiger partial charge in [-0.1, -0.05) is 37.6 Å². The highest BCUT2D eigenvalue weighted by molar-refractivity contribution is 9.10. The molecule has 0 aliphatic rings. The first-order valence-electron chi connectivity index (χ1n) is 7.65. The van der Waals surface area contributed by atoms with Crippen LogP contribution in [0.5, 0.6) is 5.75 Å². The molecule has 0 aromatic heterocycles. The van der Waals surface area contributed by atoms with E-state index < -0.39 is 0 Å². The molecule has 2 aromatic carbocycles. The van der Waals surface area contributed by atoms with Crippen molar-refractivity contribution < 1.29 is 9.53 Å². The Morgan fingerprint density at radius 2 is 1.91 bits per heavy atom. The number of benzene rings is 2.